The second-order valence-electron chi connectivity index (χ2n) is 3.12. The minimum Gasteiger partial charge on any atom is -0.431 e. The molecule has 1 aliphatic rings. The molecule has 0 aromatic heterocycles. The Bertz CT molecular complexity index is 237. The normalized spacial score (nSPS) is 21.6. The lowest BCUT2D eigenvalue weighted by molar-refractivity contribution is 0.0445. The number of ether oxygens (including phenoxy) is 2. The van der Waals surface area contributed by atoms with Gasteiger partial charge in [-0.3, -0.25) is 0 Å². The van der Waals surface area contributed by atoms with E-state index in [1.54, 1.807) is 12.0 Å². The quantitative estimate of drug-likeness (QED) is 0.625. The number of rotatable bonds is 4. The predicted octanol–water partition coefficient (Wildman–Crippen LogP) is 0.757. The first-order valence-electron chi connectivity index (χ1n) is 4.62. The van der Waals surface area contributed by atoms with Gasteiger partial charge in [-0.15, -0.1) is 0 Å². The SMILES string of the molecule is COCCCN1CCC(C#N)OC1=O. The van der Waals surface area contributed by atoms with E-state index in [4.69, 9.17) is 14.7 Å². The zero-order valence-corrected chi connectivity index (χ0v) is 8.23. The maximum absolute atomic E-state index is 11.3. The van der Waals surface area contributed by atoms with Gasteiger partial charge in [0, 0.05) is 33.2 Å². The summed E-state index contributed by atoms with van der Waals surface area (Å²) in [5.74, 6) is 0. The van der Waals surface area contributed by atoms with Gasteiger partial charge in [0.25, 0.3) is 0 Å². The predicted molar refractivity (Wildman–Crippen MR) is 48.6 cm³/mol. The number of hydrogen-bond acceptors (Lipinski definition) is 4. The van der Waals surface area contributed by atoms with E-state index < -0.39 is 6.10 Å². The molecule has 0 aromatic rings. The maximum Gasteiger partial charge on any atom is 0.411 e. The summed E-state index contributed by atoms with van der Waals surface area (Å²) in [6.45, 7) is 1.86. The topological polar surface area (TPSA) is 62.6 Å². The van der Waals surface area contributed by atoms with Crippen molar-refractivity contribution in [2.24, 2.45) is 0 Å². The van der Waals surface area contributed by atoms with E-state index in [0.29, 0.717) is 26.1 Å². The van der Waals surface area contributed by atoms with E-state index in [2.05, 4.69) is 0 Å². The highest BCUT2D eigenvalue weighted by atomic mass is 16.6. The van der Waals surface area contributed by atoms with Crippen LogP contribution >= 0.6 is 0 Å². The van der Waals surface area contributed by atoms with Crippen molar-refractivity contribution < 1.29 is 14.3 Å². The molecule has 1 saturated heterocycles. The summed E-state index contributed by atoms with van der Waals surface area (Å²) < 4.78 is 9.74. The van der Waals surface area contributed by atoms with Gasteiger partial charge in [0.1, 0.15) is 6.07 Å². The summed E-state index contributed by atoms with van der Waals surface area (Å²) in [5.41, 5.74) is 0. The molecule has 0 saturated carbocycles. The zero-order valence-electron chi connectivity index (χ0n) is 8.23. The number of hydrogen-bond donors (Lipinski definition) is 0. The lowest BCUT2D eigenvalue weighted by Gasteiger charge is -2.28. The van der Waals surface area contributed by atoms with Crippen molar-refractivity contribution in [2.45, 2.75) is 18.9 Å². The number of amides is 1. The molecule has 0 aromatic carbocycles. The van der Waals surface area contributed by atoms with Crippen LogP contribution < -0.4 is 0 Å². The van der Waals surface area contributed by atoms with Crippen LogP contribution in [0.25, 0.3) is 0 Å². The summed E-state index contributed by atoms with van der Waals surface area (Å²) in [4.78, 5) is 12.9. The van der Waals surface area contributed by atoms with Crippen LogP contribution in [0, 0.1) is 11.3 Å². The third kappa shape index (κ3) is 2.89. The Balaban J connectivity index is 2.28. The molecular formula is C9H14N2O3. The average Bonchev–Trinajstić information content (AvgIpc) is 2.20. The van der Waals surface area contributed by atoms with Crippen molar-refractivity contribution in [3.8, 4) is 6.07 Å². The molecule has 1 rings (SSSR count). The Kier molecular flexibility index (Phi) is 4.20. The Morgan fingerprint density at radius 1 is 1.79 bits per heavy atom. The molecule has 1 amide bonds. The van der Waals surface area contributed by atoms with Crippen LogP contribution in [0.3, 0.4) is 0 Å². The molecule has 1 fully saturated rings. The van der Waals surface area contributed by atoms with Crippen LogP contribution in [0.5, 0.6) is 0 Å². The Hall–Kier alpha value is -1.28. The molecule has 1 atom stereocenters. The number of nitrogens with zero attached hydrogens (tertiary/aromatic N) is 2. The van der Waals surface area contributed by atoms with Crippen LogP contribution in [-0.2, 0) is 9.47 Å². The van der Waals surface area contributed by atoms with E-state index in [1.165, 1.54) is 0 Å². The first-order chi connectivity index (χ1) is 6.77. The summed E-state index contributed by atoms with van der Waals surface area (Å²) >= 11 is 0. The van der Waals surface area contributed by atoms with Gasteiger partial charge in [-0.05, 0) is 6.42 Å². The molecular weight excluding hydrogens is 184 g/mol. The molecule has 1 heterocycles. The smallest absolute Gasteiger partial charge is 0.411 e. The molecule has 1 unspecified atom stereocenters. The van der Waals surface area contributed by atoms with Crippen molar-refractivity contribution in [1.29, 1.82) is 5.26 Å². The summed E-state index contributed by atoms with van der Waals surface area (Å²) in [6, 6.07) is 1.93. The number of nitriles is 1. The van der Waals surface area contributed by atoms with Crippen LogP contribution in [0.4, 0.5) is 4.79 Å². The van der Waals surface area contributed by atoms with Gasteiger partial charge < -0.3 is 14.4 Å². The van der Waals surface area contributed by atoms with Crippen LogP contribution in [0.2, 0.25) is 0 Å². The van der Waals surface area contributed by atoms with Crippen molar-refractivity contribution in [3.05, 3.63) is 0 Å². The van der Waals surface area contributed by atoms with Crippen molar-refractivity contribution in [1.82, 2.24) is 4.90 Å². The summed E-state index contributed by atoms with van der Waals surface area (Å²) in [7, 11) is 1.63. The largest absolute Gasteiger partial charge is 0.431 e. The number of carbonyl (C=O) groups excluding carboxylic acids is 1. The molecule has 78 valence electrons. The fraction of sp³-hybridized carbons (Fsp3) is 0.778. The summed E-state index contributed by atoms with van der Waals surface area (Å²) in [6.07, 6.45) is 0.429. The van der Waals surface area contributed by atoms with Gasteiger partial charge in [-0.25, -0.2) is 4.79 Å². The van der Waals surface area contributed by atoms with Crippen molar-refractivity contribution in [3.63, 3.8) is 0 Å². The lowest BCUT2D eigenvalue weighted by atomic mass is 10.2. The average molecular weight is 198 g/mol. The first-order valence-corrected chi connectivity index (χ1v) is 4.62. The van der Waals surface area contributed by atoms with Crippen molar-refractivity contribution in [2.75, 3.05) is 26.8 Å². The molecule has 0 spiro atoms. The van der Waals surface area contributed by atoms with Crippen LogP contribution in [0.15, 0.2) is 0 Å². The van der Waals surface area contributed by atoms with E-state index >= 15 is 0 Å². The van der Waals surface area contributed by atoms with Gasteiger partial charge in [0.15, 0.2) is 6.10 Å². The van der Waals surface area contributed by atoms with E-state index in [9.17, 15) is 4.79 Å². The first kappa shape index (κ1) is 10.8. The van der Waals surface area contributed by atoms with Crippen LogP contribution in [-0.4, -0.2) is 43.9 Å². The Labute approximate surface area is 83.2 Å². The third-order valence-electron chi connectivity index (χ3n) is 2.08. The molecule has 0 aliphatic carbocycles. The lowest BCUT2D eigenvalue weighted by Crippen LogP contribution is -2.42. The monoisotopic (exact) mass is 198 g/mol. The number of methoxy groups -OCH3 is 1. The van der Waals surface area contributed by atoms with Gasteiger partial charge in [-0.2, -0.15) is 5.26 Å². The highest BCUT2D eigenvalue weighted by molar-refractivity contribution is 5.68. The molecule has 5 heteroatoms. The van der Waals surface area contributed by atoms with Gasteiger partial charge in [0.2, 0.25) is 0 Å². The van der Waals surface area contributed by atoms with Gasteiger partial charge >= 0.3 is 6.09 Å². The van der Waals surface area contributed by atoms with Gasteiger partial charge in [0.05, 0.1) is 0 Å². The number of carbonyl (C=O) groups is 1. The zero-order chi connectivity index (χ0) is 10.4. The second kappa shape index (κ2) is 5.45. The third-order valence-corrected chi connectivity index (χ3v) is 2.08. The fourth-order valence-corrected chi connectivity index (χ4v) is 1.31. The molecule has 1 aliphatic heterocycles. The molecule has 0 bridgehead atoms. The highest BCUT2D eigenvalue weighted by Crippen LogP contribution is 2.11. The minimum atomic E-state index is -0.568. The molecule has 0 N–H and O–H groups in total. The van der Waals surface area contributed by atoms with Gasteiger partial charge in [-0.1, -0.05) is 0 Å². The standard InChI is InChI=1S/C9H14N2O3/c1-13-6-2-4-11-5-3-8(7-10)14-9(11)12/h8H,2-6H2,1H3. The highest BCUT2D eigenvalue weighted by Gasteiger charge is 2.25. The molecule has 0 radical (unpaired) electrons. The van der Waals surface area contributed by atoms with Crippen LogP contribution in [0.1, 0.15) is 12.8 Å². The van der Waals surface area contributed by atoms with Crippen molar-refractivity contribution >= 4 is 6.09 Å². The second-order valence-corrected chi connectivity index (χ2v) is 3.12. The minimum absolute atomic E-state index is 0.390. The Morgan fingerprint density at radius 2 is 2.57 bits per heavy atom. The van der Waals surface area contributed by atoms with E-state index in [0.717, 1.165) is 6.42 Å². The fourth-order valence-electron chi connectivity index (χ4n) is 1.31. The summed E-state index contributed by atoms with van der Waals surface area (Å²) in [5, 5.41) is 8.54. The van der Waals surface area contributed by atoms with E-state index in [1.807, 2.05) is 6.07 Å². The maximum atomic E-state index is 11.3. The molecule has 5 nitrogen and oxygen atoms in total. The Morgan fingerprint density at radius 3 is 3.14 bits per heavy atom. The number of cyclic esters (lactones) is 1. The molecule has 14 heavy (non-hydrogen) atoms. The van der Waals surface area contributed by atoms with E-state index in [-0.39, 0.29) is 6.09 Å².